The number of hydrogen-bond acceptors (Lipinski definition) is 5. The molecule has 0 bridgehead atoms. The second-order valence-corrected chi connectivity index (χ2v) is 6.67. The summed E-state index contributed by atoms with van der Waals surface area (Å²) in [7, 11) is -2.24. The van der Waals surface area contributed by atoms with E-state index in [9.17, 15) is 13.2 Å². The van der Waals surface area contributed by atoms with Gasteiger partial charge in [0, 0.05) is 13.6 Å². The molecule has 0 saturated heterocycles. The van der Waals surface area contributed by atoms with Gasteiger partial charge < -0.3 is 16.4 Å². The van der Waals surface area contributed by atoms with E-state index in [4.69, 9.17) is 10.9 Å². The molecule has 112 valence electrons. The van der Waals surface area contributed by atoms with Crippen molar-refractivity contribution < 1.29 is 13.2 Å². The van der Waals surface area contributed by atoms with Crippen LogP contribution in [0.25, 0.3) is 0 Å². The first-order valence-electron chi connectivity index (χ1n) is 5.96. The average Bonchev–Trinajstić information content (AvgIpc) is 2.35. The predicted molar refractivity (Wildman–Crippen MR) is 78.6 cm³/mol. The molecule has 6 N–H and O–H groups in total. The Balaban J connectivity index is 2.96. The first-order valence-corrected chi connectivity index (χ1v) is 7.51. The summed E-state index contributed by atoms with van der Waals surface area (Å²) in [5.74, 6) is -0.133. The van der Waals surface area contributed by atoms with E-state index in [0.29, 0.717) is 17.9 Å². The summed E-state index contributed by atoms with van der Waals surface area (Å²) < 4.78 is 22.6. The fourth-order valence-corrected chi connectivity index (χ4v) is 2.14. The van der Waals surface area contributed by atoms with Crippen LogP contribution in [-0.2, 0) is 14.8 Å². The molecule has 0 aromatic heterocycles. The molecule has 0 radical (unpaired) electrons. The van der Waals surface area contributed by atoms with Gasteiger partial charge in [-0.15, -0.1) is 0 Å². The van der Waals surface area contributed by atoms with Gasteiger partial charge in [-0.25, -0.2) is 13.6 Å². The van der Waals surface area contributed by atoms with Crippen LogP contribution < -0.4 is 21.5 Å². The van der Waals surface area contributed by atoms with Crippen molar-refractivity contribution in [2.75, 3.05) is 24.6 Å². The van der Waals surface area contributed by atoms with Gasteiger partial charge in [-0.1, -0.05) is 0 Å². The standard InChI is InChI=1S/C12H20N4O3S/c1-12(2,11(17)15-3)7-16-10-6-8(20(14,18)19)4-5-9(10)13/h4-6,16H,7,13H2,1-3H3,(H,15,17)(H2,14,18,19). The third-order valence-corrected chi connectivity index (χ3v) is 3.83. The van der Waals surface area contributed by atoms with Crippen molar-refractivity contribution in [3.05, 3.63) is 18.2 Å². The molecule has 0 heterocycles. The van der Waals surface area contributed by atoms with Crippen molar-refractivity contribution in [3.8, 4) is 0 Å². The van der Waals surface area contributed by atoms with E-state index in [-0.39, 0.29) is 10.8 Å². The minimum absolute atomic E-state index is 0.0352. The molecule has 0 aliphatic rings. The Bertz CT molecular complexity index is 611. The lowest BCUT2D eigenvalue weighted by Crippen LogP contribution is -2.39. The maximum atomic E-state index is 11.7. The topological polar surface area (TPSA) is 127 Å². The highest BCUT2D eigenvalue weighted by atomic mass is 32.2. The lowest BCUT2D eigenvalue weighted by molar-refractivity contribution is -0.128. The number of nitrogens with one attached hydrogen (secondary N) is 2. The smallest absolute Gasteiger partial charge is 0.238 e. The van der Waals surface area contributed by atoms with Crippen LogP contribution in [0.15, 0.2) is 23.1 Å². The molecule has 0 spiro atoms. The second-order valence-electron chi connectivity index (χ2n) is 5.11. The third-order valence-electron chi connectivity index (χ3n) is 2.92. The molecule has 0 aliphatic heterocycles. The van der Waals surface area contributed by atoms with Gasteiger partial charge >= 0.3 is 0 Å². The van der Waals surface area contributed by atoms with Crippen molar-refractivity contribution in [3.63, 3.8) is 0 Å². The average molecular weight is 300 g/mol. The fourth-order valence-electron chi connectivity index (χ4n) is 1.60. The number of carbonyl (C=O) groups is 1. The lowest BCUT2D eigenvalue weighted by Gasteiger charge is -2.24. The van der Waals surface area contributed by atoms with Gasteiger partial charge in [-0.2, -0.15) is 0 Å². The van der Waals surface area contributed by atoms with E-state index in [1.165, 1.54) is 18.2 Å². The zero-order valence-electron chi connectivity index (χ0n) is 11.7. The summed E-state index contributed by atoms with van der Waals surface area (Å²) >= 11 is 0. The van der Waals surface area contributed by atoms with E-state index < -0.39 is 15.4 Å². The van der Waals surface area contributed by atoms with Crippen LogP contribution in [0.5, 0.6) is 0 Å². The Labute approximate surface area is 118 Å². The number of amides is 1. The Morgan fingerprint density at radius 3 is 2.45 bits per heavy atom. The molecule has 1 rings (SSSR count). The Morgan fingerprint density at radius 1 is 1.35 bits per heavy atom. The molecule has 1 aromatic rings. The fraction of sp³-hybridized carbons (Fsp3) is 0.417. The highest BCUT2D eigenvalue weighted by Crippen LogP contribution is 2.24. The number of benzene rings is 1. The molecule has 0 atom stereocenters. The van der Waals surface area contributed by atoms with Gasteiger partial charge in [0.1, 0.15) is 0 Å². The second kappa shape index (κ2) is 5.68. The first-order chi connectivity index (χ1) is 9.08. The zero-order valence-corrected chi connectivity index (χ0v) is 12.5. The number of primary sulfonamides is 1. The van der Waals surface area contributed by atoms with E-state index in [1.54, 1.807) is 20.9 Å². The number of nitrogen functional groups attached to an aromatic ring is 1. The molecular formula is C12H20N4O3S. The molecule has 8 heteroatoms. The SMILES string of the molecule is CNC(=O)C(C)(C)CNc1cc(S(N)(=O)=O)ccc1N. The molecule has 1 amide bonds. The van der Waals surface area contributed by atoms with Gasteiger partial charge in [-0.3, -0.25) is 4.79 Å². The van der Waals surface area contributed by atoms with Crippen LogP contribution >= 0.6 is 0 Å². The molecular weight excluding hydrogens is 280 g/mol. The number of sulfonamides is 1. The number of anilines is 2. The maximum Gasteiger partial charge on any atom is 0.238 e. The van der Waals surface area contributed by atoms with E-state index in [2.05, 4.69) is 10.6 Å². The van der Waals surface area contributed by atoms with Crippen LogP contribution in [-0.4, -0.2) is 27.9 Å². The van der Waals surface area contributed by atoms with Gasteiger partial charge in [0.05, 0.1) is 21.7 Å². The number of rotatable bonds is 5. The number of nitrogens with two attached hydrogens (primary N) is 2. The Hall–Kier alpha value is -1.80. The summed E-state index contributed by atoms with van der Waals surface area (Å²) in [5, 5.41) is 10.6. The summed E-state index contributed by atoms with van der Waals surface area (Å²) in [6, 6.07) is 4.14. The van der Waals surface area contributed by atoms with Crippen LogP contribution in [0.3, 0.4) is 0 Å². The molecule has 0 saturated carbocycles. The maximum absolute atomic E-state index is 11.7. The third kappa shape index (κ3) is 3.84. The summed E-state index contributed by atoms with van der Waals surface area (Å²) in [5.41, 5.74) is 5.91. The largest absolute Gasteiger partial charge is 0.397 e. The van der Waals surface area contributed by atoms with E-state index >= 15 is 0 Å². The summed E-state index contributed by atoms with van der Waals surface area (Å²) in [6.07, 6.45) is 0. The van der Waals surface area contributed by atoms with Crippen molar-refractivity contribution in [1.29, 1.82) is 0 Å². The molecule has 7 nitrogen and oxygen atoms in total. The molecule has 1 aromatic carbocycles. The minimum atomic E-state index is -3.79. The minimum Gasteiger partial charge on any atom is -0.397 e. The lowest BCUT2D eigenvalue weighted by atomic mass is 9.92. The number of carbonyl (C=O) groups excluding carboxylic acids is 1. The van der Waals surface area contributed by atoms with Crippen LogP contribution in [0.2, 0.25) is 0 Å². The monoisotopic (exact) mass is 300 g/mol. The normalized spacial score (nSPS) is 12.0. The van der Waals surface area contributed by atoms with E-state index in [1.807, 2.05) is 0 Å². The molecule has 0 unspecified atom stereocenters. The van der Waals surface area contributed by atoms with Crippen molar-refractivity contribution in [1.82, 2.24) is 5.32 Å². The van der Waals surface area contributed by atoms with Gasteiger partial charge in [0.15, 0.2) is 0 Å². The predicted octanol–water partition coefficient (Wildman–Crippen LogP) is 0.100. The van der Waals surface area contributed by atoms with E-state index in [0.717, 1.165) is 0 Å². The molecule has 20 heavy (non-hydrogen) atoms. The molecule has 0 aliphatic carbocycles. The van der Waals surface area contributed by atoms with Crippen LogP contribution in [0.4, 0.5) is 11.4 Å². The van der Waals surface area contributed by atoms with Crippen LogP contribution in [0, 0.1) is 5.41 Å². The van der Waals surface area contributed by atoms with Crippen molar-refractivity contribution in [2.45, 2.75) is 18.7 Å². The van der Waals surface area contributed by atoms with Gasteiger partial charge in [0.2, 0.25) is 15.9 Å². The number of hydrogen-bond donors (Lipinski definition) is 4. The zero-order chi connectivity index (χ0) is 15.6. The highest BCUT2D eigenvalue weighted by Gasteiger charge is 2.26. The van der Waals surface area contributed by atoms with Crippen LogP contribution in [0.1, 0.15) is 13.8 Å². The Morgan fingerprint density at radius 2 is 1.95 bits per heavy atom. The highest BCUT2D eigenvalue weighted by molar-refractivity contribution is 7.89. The quantitative estimate of drug-likeness (QED) is 0.573. The van der Waals surface area contributed by atoms with Crippen molar-refractivity contribution in [2.24, 2.45) is 10.6 Å². The summed E-state index contributed by atoms with van der Waals surface area (Å²) in [6.45, 7) is 3.82. The van der Waals surface area contributed by atoms with Gasteiger partial charge in [-0.05, 0) is 32.0 Å². The molecule has 0 fully saturated rings. The Kier molecular flexibility index (Phi) is 4.61. The van der Waals surface area contributed by atoms with Crippen molar-refractivity contribution >= 4 is 27.3 Å². The first kappa shape index (κ1) is 16.3. The summed E-state index contributed by atoms with van der Waals surface area (Å²) in [4.78, 5) is 11.6. The van der Waals surface area contributed by atoms with Gasteiger partial charge in [0.25, 0.3) is 0 Å².